The molecule has 128 valence electrons. The normalized spacial score (nSPS) is 18.4. The number of benzene rings is 2. The van der Waals surface area contributed by atoms with E-state index in [1.165, 1.54) is 41.2 Å². The van der Waals surface area contributed by atoms with Crippen LogP contribution in [0.1, 0.15) is 36.4 Å². The molecule has 2 aromatic carbocycles. The minimum Gasteiger partial charge on any atom is -0.496 e. The average Bonchev–Trinajstić information content (AvgIpc) is 2.69. The summed E-state index contributed by atoms with van der Waals surface area (Å²) in [5.74, 6) is 0.981. The minimum atomic E-state index is 0.436. The number of rotatable bonds is 4. The molecule has 3 nitrogen and oxygen atoms in total. The smallest absolute Gasteiger partial charge is 0.123 e. The molecule has 1 aliphatic heterocycles. The van der Waals surface area contributed by atoms with Crippen LogP contribution < -0.4 is 4.74 Å². The number of ether oxygens (including phenoxy) is 1. The van der Waals surface area contributed by atoms with Gasteiger partial charge in [-0.3, -0.25) is 9.88 Å². The van der Waals surface area contributed by atoms with Crippen molar-refractivity contribution in [2.24, 2.45) is 0 Å². The molecule has 0 amide bonds. The Morgan fingerprint density at radius 3 is 2.84 bits per heavy atom. The third-order valence-corrected chi connectivity index (χ3v) is 5.26. The van der Waals surface area contributed by atoms with Gasteiger partial charge in [0.25, 0.3) is 0 Å². The Kier molecular flexibility index (Phi) is 4.66. The van der Waals surface area contributed by atoms with E-state index in [0.717, 1.165) is 18.8 Å². The van der Waals surface area contributed by atoms with Crippen LogP contribution in [0.3, 0.4) is 0 Å². The molecule has 3 heteroatoms. The predicted molar refractivity (Wildman–Crippen MR) is 102 cm³/mol. The Hall–Kier alpha value is -2.39. The fourth-order valence-corrected chi connectivity index (χ4v) is 4.00. The summed E-state index contributed by atoms with van der Waals surface area (Å²) in [5, 5.41) is 2.56. The number of fused-ring (bicyclic) bond motifs is 1. The van der Waals surface area contributed by atoms with Gasteiger partial charge in [0.1, 0.15) is 5.75 Å². The van der Waals surface area contributed by atoms with Crippen LogP contribution in [0.4, 0.5) is 0 Å². The van der Waals surface area contributed by atoms with Gasteiger partial charge in [-0.2, -0.15) is 0 Å². The number of methoxy groups -OCH3 is 1. The van der Waals surface area contributed by atoms with Crippen molar-refractivity contribution in [3.8, 4) is 5.75 Å². The Morgan fingerprint density at radius 1 is 1.08 bits per heavy atom. The van der Waals surface area contributed by atoms with Gasteiger partial charge in [-0.15, -0.1) is 0 Å². The number of aromatic nitrogens is 1. The van der Waals surface area contributed by atoms with E-state index < -0.39 is 0 Å². The maximum atomic E-state index is 5.70. The lowest BCUT2D eigenvalue weighted by atomic mass is 9.94. The second-order valence-corrected chi connectivity index (χ2v) is 6.74. The SMILES string of the molecule is COc1ccc2ccccc2c1CN1CCCC[C@H]1c1cccnc1. The van der Waals surface area contributed by atoms with Crippen molar-refractivity contribution in [1.82, 2.24) is 9.88 Å². The Balaban J connectivity index is 1.71. The molecule has 0 N–H and O–H groups in total. The van der Waals surface area contributed by atoms with Gasteiger partial charge in [0.2, 0.25) is 0 Å². The molecule has 1 fully saturated rings. The largest absolute Gasteiger partial charge is 0.496 e. The van der Waals surface area contributed by atoms with Gasteiger partial charge in [0.15, 0.2) is 0 Å². The third-order valence-electron chi connectivity index (χ3n) is 5.26. The second kappa shape index (κ2) is 7.24. The lowest BCUT2D eigenvalue weighted by molar-refractivity contribution is 0.139. The molecule has 1 aliphatic rings. The van der Waals surface area contributed by atoms with Gasteiger partial charge < -0.3 is 4.74 Å². The topological polar surface area (TPSA) is 25.4 Å². The van der Waals surface area contributed by atoms with Crippen molar-refractivity contribution in [1.29, 1.82) is 0 Å². The van der Waals surface area contributed by atoms with Gasteiger partial charge in [-0.1, -0.05) is 42.8 Å². The summed E-state index contributed by atoms with van der Waals surface area (Å²) in [5.41, 5.74) is 2.61. The molecule has 0 radical (unpaired) electrons. The minimum absolute atomic E-state index is 0.436. The fourth-order valence-electron chi connectivity index (χ4n) is 4.00. The summed E-state index contributed by atoms with van der Waals surface area (Å²) in [6, 6.07) is 17.5. The first-order valence-corrected chi connectivity index (χ1v) is 9.05. The summed E-state index contributed by atoms with van der Waals surface area (Å²) in [6.07, 6.45) is 7.60. The number of nitrogens with zero attached hydrogens (tertiary/aromatic N) is 2. The monoisotopic (exact) mass is 332 g/mol. The van der Waals surface area contributed by atoms with Crippen molar-refractivity contribution in [3.63, 3.8) is 0 Å². The van der Waals surface area contributed by atoms with Crippen LogP contribution in [0.2, 0.25) is 0 Å². The maximum absolute atomic E-state index is 5.70. The van der Waals surface area contributed by atoms with E-state index >= 15 is 0 Å². The number of piperidine rings is 1. The van der Waals surface area contributed by atoms with E-state index in [4.69, 9.17) is 4.74 Å². The zero-order valence-electron chi connectivity index (χ0n) is 14.7. The molecule has 1 atom stereocenters. The van der Waals surface area contributed by atoms with E-state index in [2.05, 4.69) is 52.3 Å². The lowest BCUT2D eigenvalue weighted by Crippen LogP contribution is -2.33. The van der Waals surface area contributed by atoms with Crippen molar-refractivity contribution >= 4 is 10.8 Å². The second-order valence-electron chi connectivity index (χ2n) is 6.74. The van der Waals surface area contributed by atoms with E-state index in [9.17, 15) is 0 Å². The first-order valence-electron chi connectivity index (χ1n) is 9.05. The van der Waals surface area contributed by atoms with Crippen molar-refractivity contribution in [2.45, 2.75) is 31.8 Å². The summed E-state index contributed by atoms with van der Waals surface area (Å²) in [6.45, 7) is 2.02. The summed E-state index contributed by atoms with van der Waals surface area (Å²) in [4.78, 5) is 6.92. The molecular weight excluding hydrogens is 308 g/mol. The van der Waals surface area contributed by atoms with Crippen LogP contribution in [0.25, 0.3) is 10.8 Å². The highest BCUT2D eigenvalue weighted by molar-refractivity contribution is 5.87. The summed E-state index contributed by atoms with van der Waals surface area (Å²) >= 11 is 0. The van der Waals surface area contributed by atoms with Crippen molar-refractivity contribution < 1.29 is 4.74 Å². The Morgan fingerprint density at radius 2 is 2.00 bits per heavy atom. The number of pyridine rings is 1. The molecule has 0 saturated carbocycles. The zero-order valence-corrected chi connectivity index (χ0v) is 14.7. The molecule has 25 heavy (non-hydrogen) atoms. The highest BCUT2D eigenvalue weighted by Crippen LogP contribution is 2.35. The first-order chi connectivity index (χ1) is 12.4. The van der Waals surface area contributed by atoms with Crippen molar-refractivity contribution in [2.75, 3.05) is 13.7 Å². The Bertz CT molecular complexity index is 847. The fraction of sp³-hybridized carbons (Fsp3) is 0.318. The Labute approximate surface area is 149 Å². The molecule has 3 aromatic rings. The number of hydrogen-bond donors (Lipinski definition) is 0. The molecule has 0 unspecified atom stereocenters. The van der Waals surface area contributed by atoms with E-state index in [1.807, 2.05) is 18.5 Å². The summed E-state index contributed by atoms with van der Waals surface area (Å²) in [7, 11) is 1.77. The van der Waals surface area contributed by atoms with Crippen LogP contribution in [-0.4, -0.2) is 23.5 Å². The average molecular weight is 332 g/mol. The van der Waals surface area contributed by atoms with Gasteiger partial charge in [0.05, 0.1) is 7.11 Å². The molecule has 2 heterocycles. The number of likely N-dealkylation sites (tertiary alicyclic amines) is 1. The quantitative estimate of drug-likeness (QED) is 0.674. The molecule has 0 bridgehead atoms. The van der Waals surface area contributed by atoms with Crippen LogP contribution in [-0.2, 0) is 6.54 Å². The lowest BCUT2D eigenvalue weighted by Gasteiger charge is -2.36. The number of hydrogen-bond acceptors (Lipinski definition) is 3. The zero-order chi connectivity index (χ0) is 17.1. The predicted octanol–water partition coefficient (Wildman–Crippen LogP) is 4.97. The molecular formula is C22H24N2O. The van der Waals surface area contributed by atoms with Crippen LogP contribution in [0, 0.1) is 0 Å². The highest BCUT2D eigenvalue weighted by Gasteiger charge is 2.25. The van der Waals surface area contributed by atoms with E-state index in [1.54, 1.807) is 7.11 Å². The van der Waals surface area contributed by atoms with Gasteiger partial charge in [0, 0.05) is 30.5 Å². The standard InChI is InChI=1S/C22H24N2O/c1-25-22-12-11-17-7-2-3-9-19(17)20(22)16-24-14-5-4-10-21(24)18-8-6-13-23-15-18/h2-3,6-9,11-13,15,21H,4-5,10,14,16H2,1H3/t21-/m0/s1. The van der Waals surface area contributed by atoms with Crippen molar-refractivity contribution in [3.05, 3.63) is 72.1 Å². The van der Waals surface area contributed by atoms with Gasteiger partial charge in [-0.25, -0.2) is 0 Å². The van der Waals surface area contributed by atoms with Gasteiger partial charge >= 0.3 is 0 Å². The van der Waals surface area contributed by atoms with E-state index in [0.29, 0.717) is 6.04 Å². The summed E-state index contributed by atoms with van der Waals surface area (Å²) < 4.78 is 5.70. The van der Waals surface area contributed by atoms with E-state index in [-0.39, 0.29) is 0 Å². The maximum Gasteiger partial charge on any atom is 0.123 e. The van der Waals surface area contributed by atoms with Crippen LogP contribution in [0.15, 0.2) is 60.9 Å². The van der Waals surface area contributed by atoms with Crippen LogP contribution in [0.5, 0.6) is 5.75 Å². The van der Waals surface area contributed by atoms with Gasteiger partial charge in [-0.05, 0) is 47.9 Å². The van der Waals surface area contributed by atoms with Crippen LogP contribution >= 0.6 is 0 Å². The third kappa shape index (κ3) is 3.24. The highest BCUT2D eigenvalue weighted by atomic mass is 16.5. The molecule has 0 spiro atoms. The molecule has 4 rings (SSSR count). The molecule has 1 saturated heterocycles. The first kappa shape index (κ1) is 16.1. The molecule has 0 aliphatic carbocycles. The molecule has 1 aromatic heterocycles.